The molecule has 0 radical (unpaired) electrons. The van der Waals surface area contributed by atoms with Crippen molar-refractivity contribution in [3.8, 4) is 17.4 Å². The van der Waals surface area contributed by atoms with Crippen molar-refractivity contribution in [3.05, 3.63) is 102 Å². The molecule has 0 saturated heterocycles. The van der Waals surface area contributed by atoms with Gasteiger partial charge < -0.3 is 18.9 Å². The second kappa shape index (κ2) is 10.9. The second-order valence-corrected chi connectivity index (χ2v) is 8.54. The Kier molecular flexibility index (Phi) is 7.03. The highest BCUT2D eigenvalue weighted by Gasteiger charge is 2.21. The van der Waals surface area contributed by atoms with E-state index in [1.165, 1.54) is 0 Å². The van der Waals surface area contributed by atoms with Crippen LogP contribution in [0.15, 0.2) is 85.6 Å². The zero-order valence-electron chi connectivity index (χ0n) is 19.5. The lowest BCUT2D eigenvalue weighted by Gasteiger charge is -2.25. The van der Waals surface area contributed by atoms with E-state index in [1.54, 1.807) is 18.7 Å². The number of aromatic nitrogens is 3. The Morgan fingerprint density at radius 1 is 0.914 bits per heavy atom. The lowest BCUT2D eigenvalue weighted by molar-refractivity contribution is 0.0737. The van der Waals surface area contributed by atoms with Crippen molar-refractivity contribution in [2.75, 3.05) is 13.2 Å². The van der Waals surface area contributed by atoms with Gasteiger partial charge in [-0.3, -0.25) is 4.79 Å². The maximum absolute atomic E-state index is 13.9. The summed E-state index contributed by atoms with van der Waals surface area (Å²) >= 11 is 0. The Morgan fingerprint density at radius 2 is 1.77 bits per heavy atom. The van der Waals surface area contributed by atoms with Crippen LogP contribution < -0.4 is 9.47 Å². The van der Waals surface area contributed by atoms with Crippen LogP contribution in [0.1, 0.15) is 40.7 Å². The fourth-order valence-corrected chi connectivity index (χ4v) is 4.23. The standard InChI is InChI=1S/C28H28N4O3/c33-28(24-11-3-2-9-22(24)19-31-17-15-29-21-31)32-16-6-1-7-18-34-25-12-4-5-13-26(25)35-27-23(20-32)10-8-14-30-27/h2-5,8-15,17,21H,1,6-7,16,18-20H2. The summed E-state index contributed by atoms with van der Waals surface area (Å²) in [6.45, 7) is 2.23. The molecule has 7 heteroatoms. The van der Waals surface area contributed by atoms with Crippen LogP contribution in [0.3, 0.4) is 0 Å². The molecule has 0 saturated carbocycles. The van der Waals surface area contributed by atoms with E-state index in [0.29, 0.717) is 49.2 Å². The number of benzene rings is 2. The number of ether oxygens (including phenoxy) is 2. The molecule has 178 valence electrons. The maximum Gasteiger partial charge on any atom is 0.254 e. The van der Waals surface area contributed by atoms with Crippen LogP contribution in [0.25, 0.3) is 0 Å². The molecule has 2 aromatic heterocycles. The molecule has 3 heterocycles. The summed E-state index contributed by atoms with van der Waals surface area (Å²) in [5.74, 6) is 1.80. The summed E-state index contributed by atoms with van der Waals surface area (Å²) in [5.41, 5.74) is 2.51. The molecular weight excluding hydrogens is 440 g/mol. The third-order valence-electron chi connectivity index (χ3n) is 6.04. The molecular formula is C28H28N4O3. The SMILES string of the molecule is O=C(c1ccccc1Cn1ccnc1)N1CCCCCOc2ccccc2Oc2ncccc2C1. The summed E-state index contributed by atoms with van der Waals surface area (Å²) in [4.78, 5) is 24.4. The monoisotopic (exact) mass is 468 g/mol. The molecule has 0 unspecified atom stereocenters. The number of fused-ring (bicyclic) bond motifs is 2. The van der Waals surface area contributed by atoms with Crippen LogP contribution in [0, 0.1) is 0 Å². The molecule has 0 bridgehead atoms. The Bertz CT molecular complexity index is 1270. The van der Waals surface area contributed by atoms with Crippen molar-refractivity contribution in [2.24, 2.45) is 0 Å². The maximum atomic E-state index is 13.9. The number of hydrogen-bond donors (Lipinski definition) is 0. The van der Waals surface area contributed by atoms with Gasteiger partial charge >= 0.3 is 0 Å². The first-order valence-corrected chi connectivity index (χ1v) is 11.9. The topological polar surface area (TPSA) is 69.5 Å². The smallest absolute Gasteiger partial charge is 0.254 e. The molecule has 35 heavy (non-hydrogen) atoms. The Morgan fingerprint density at radius 3 is 2.66 bits per heavy atom. The van der Waals surface area contributed by atoms with Crippen molar-refractivity contribution in [2.45, 2.75) is 32.4 Å². The van der Waals surface area contributed by atoms with E-state index in [2.05, 4.69) is 9.97 Å². The normalized spacial score (nSPS) is 14.2. The van der Waals surface area contributed by atoms with Crippen molar-refractivity contribution >= 4 is 5.91 Å². The Hall–Kier alpha value is -4.13. The fourth-order valence-electron chi connectivity index (χ4n) is 4.23. The minimum atomic E-state index is 0.00189. The summed E-state index contributed by atoms with van der Waals surface area (Å²) in [6.07, 6.45) is 9.86. The fraction of sp³-hybridized carbons (Fsp3) is 0.250. The predicted molar refractivity (Wildman–Crippen MR) is 133 cm³/mol. The van der Waals surface area contributed by atoms with Crippen LogP contribution >= 0.6 is 0 Å². The number of carbonyl (C=O) groups excluding carboxylic acids is 1. The van der Waals surface area contributed by atoms with Crippen LogP contribution in [-0.2, 0) is 13.1 Å². The molecule has 4 aromatic rings. The summed E-state index contributed by atoms with van der Waals surface area (Å²) in [7, 11) is 0. The van der Waals surface area contributed by atoms with Gasteiger partial charge in [0.15, 0.2) is 11.5 Å². The summed E-state index contributed by atoms with van der Waals surface area (Å²) < 4.78 is 14.2. The van der Waals surface area contributed by atoms with Crippen molar-refractivity contribution < 1.29 is 14.3 Å². The minimum absolute atomic E-state index is 0.00189. The minimum Gasteiger partial charge on any atom is -0.490 e. The van der Waals surface area contributed by atoms with Gasteiger partial charge in [0, 0.05) is 42.8 Å². The molecule has 0 atom stereocenters. The molecule has 5 rings (SSSR count). The van der Waals surface area contributed by atoms with Crippen LogP contribution in [0.2, 0.25) is 0 Å². The number of carbonyl (C=O) groups is 1. The molecule has 2 aromatic carbocycles. The molecule has 1 aliphatic heterocycles. The molecule has 0 N–H and O–H groups in total. The molecule has 7 nitrogen and oxygen atoms in total. The van der Waals surface area contributed by atoms with Gasteiger partial charge in [-0.25, -0.2) is 9.97 Å². The van der Waals surface area contributed by atoms with Gasteiger partial charge in [0.2, 0.25) is 5.88 Å². The highest BCUT2D eigenvalue weighted by molar-refractivity contribution is 5.95. The third-order valence-corrected chi connectivity index (χ3v) is 6.04. The van der Waals surface area contributed by atoms with E-state index in [-0.39, 0.29) is 5.91 Å². The number of pyridine rings is 1. The number of para-hydroxylation sites is 2. The average Bonchev–Trinajstić information content (AvgIpc) is 3.40. The largest absolute Gasteiger partial charge is 0.490 e. The Labute approximate surface area is 205 Å². The predicted octanol–water partition coefficient (Wildman–Crippen LogP) is 5.32. The first-order valence-electron chi connectivity index (χ1n) is 11.9. The van der Waals surface area contributed by atoms with Crippen molar-refractivity contribution in [3.63, 3.8) is 0 Å². The quantitative estimate of drug-likeness (QED) is 0.407. The highest BCUT2D eigenvalue weighted by Crippen LogP contribution is 2.33. The molecule has 1 amide bonds. The second-order valence-electron chi connectivity index (χ2n) is 8.54. The van der Waals surface area contributed by atoms with E-state index in [1.807, 2.05) is 76.3 Å². The number of imidazole rings is 1. The average molecular weight is 469 g/mol. The van der Waals surface area contributed by atoms with Crippen LogP contribution in [0.4, 0.5) is 0 Å². The van der Waals surface area contributed by atoms with Crippen LogP contribution in [-0.4, -0.2) is 38.5 Å². The van der Waals surface area contributed by atoms with Crippen LogP contribution in [0.5, 0.6) is 17.4 Å². The lowest BCUT2D eigenvalue weighted by Crippen LogP contribution is -2.32. The number of rotatable bonds is 3. The van der Waals surface area contributed by atoms with Gasteiger partial charge in [-0.1, -0.05) is 36.4 Å². The number of hydrogen-bond acceptors (Lipinski definition) is 5. The summed E-state index contributed by atoms with van der Waals surface area (Å²) in [5, 5.41) is 0. The van der Waals surface area contributed by atoms with E-state index in [4.69, 9.17) is 9.47 Å². The molecule has 1 aliphatic rings. The molecule has 0 aliphatic carbocycles. The van der Waals surface area contributed by atoms with Gasteiger partial charge in [-0.2, -0.15) is 0 Å². The van der Waals surface area contributed by atoms with Gasteiger partial charge in [0.1, 0.15) is 0 Å². The van der Waals surface area contributed by atoms with Crippen molar-refractivity contribution in [1.82, 2.24) is 19.4 Å². The number of amides is 1. The first kappa shape index (κ1) is 22.7. The highest BCUT2D eigenvalue weighted by atomic mass is 16.5. The van der Waals surface area contributed by atoms with E-state index in [9.17, 15) is 4.79 Å². The zero-order chi connectivity index (χ0) is 23.9. The number of nitrogens with zero attached hydrogens (tertiary/aromatic N) is 4. The van der Waals surface area contributed by atoms with Gasteiger partial charge in [0.05, 0.1) is 19.5 Å². The van der Waals surface area contributed by atoms with E-state index < -0.39 is 0 Å². The molecule has 0 spiro atoms. The van der Waals surface area contributed by atoms with Gasteiger partial charge in [0.25, 0.3) is 5.91 Å². The third kappa shape index (κ3) is 5.51. The summed E-state index contributed by atoms with van der Waals surface area (Å²) in [6, 6.07) is 19.2. The first-order chi connectivity index (χ1) is 17.3. The van der Waals surface area contributed by atoms with Crippen molar-refractivity contribution in [1.29, 1.82) is 0 Å². The van der Waals surface area contributed by atoms with E-state index >= 15 is 0 Å². The molecule has 0 fully saturated rings. The van der Waals surface area contributed by atoms with Gasteiger partial charge in [-0.05, 0) is 49.1 Å². The van der Waals surface area contributed by atoms with Gasteiger partial charge in [-0.15, -0.1) is 0 Å². The Balaban J connectivity index is 1.46. The lowest BCUT2D eigenvalue weighted by atomic mass is 10.1. The zero-order valence-corrected chi connectivity index (χ0v) is 19.5. The van der Waals surface area contributed by atoms with E-state index in [0.717, 1.165) is 30.4 Å².